The first-order chi connectivity index (χ1) is 13.8. The number of nitrogens with zero attached hydrogens (tertiary/aromatic N) is 1. The summed E-state index contributed by atoms with van der Waals surface area (Å²) in [5, 5.41) is 0. The highest BCUT2D eigenvalue weighted by molar-refractivity contribution is 6.49. The standard InChI is InChI=1S/C21H19F2NO3.C2H6/c1-4-15(10-13(2)17-6-5-9-24-12-17)19(25)20(26)16-7-8-18(14(3)11-16)27-21(22)23;1-2/h4,7-12,21H,1-2,5-6H2,3H3;1-2H3/b15-10+;. The van der Waals surface area contributed by atoms with Gasteiger partial charge in [0.15, 0.2) is 0 Å². The number of rotatable bonds is 8. The molecule has 0 fully saturated rings. The van der Waals surface area contributed by atoms with Gasteiger partial charge in [-0.05, 0) is 60.8 Å². The van der Waals surface area contributed by atoms with Crippen LogP contribution in [0.1, 0.15) is 42.6 Å². The average Bonchev–Trinajstić information content (AvgIpc) is 2.74. The van der Waals surface area contributed by atoms with Crippen molar-refractivity contribution < 1.29 is 23.1 Å². The van der Waals surface area contributed by atoms with Crippen molar-refractivity contribution in [2.45, 2.75) is 40.2 Å². The Kier molecular flexibility index (Phi) is 9.59. The second-order valence-corrected chi connectivity index (χ2v) is 5.87. The second-order valence-electron chi connectivity index (χ2n) is 5.87. The fraction of sp³-hybridized carbons (Fsp3) is 0.261. The minimum absolute atomic E-state index is 0.0494. The molecule has 0 saturated heterocycles. The number of aliphatic imine (C=N–C) groups is 1. The summed E-state index contributed by atoms with van der Waals surface area (Å²) in [6.45, 7) is 10.1. The van der Waals surface area contributed by atoms with E-state index >= 15 is 0 Å². The van der Waals surface area contributed by atoms with E-state index in [0.29, 0.717) is 11.1 Å². The van der Waals surface area contributed by atoms with Gasteiger partial charge in [-0.1, -0.05) is 33.1 Å². The Bertz CT molecular complexity index is 880. The van der Waals surface area contributed by atoms with E-state index in [0.717, 1.165) is 18.4 Å². The third-order valence-corrected chi connectivity index (χ3v) is 3.96. The van der Waals surface area contributed by atoms with Gasteiger partial charge in [0, 0.05) is 23.6 Å². The van der Waals surface area contributed by atoms with E-state index in [9.17, 15) is 18.4 Å². The molecule has 0 saturated carbocycles. The first-order valence-corrected chi connectivity index (χ1v) is 9.22. The molecule has 1 aliphatic rings. The number of allylic oxidation sites excluding steroid dienone is 5. The number of hydrogen-bond acceptors (Lipinski definition) is 4. The summed E-state index contributed by atoms with van der Waals surface area (Å²) < 4.78 is 29.0. The highest BCUT2D eigenvalue weighted by Gasteiger charge is 2.21. The smallest absolute Gasteiger partial charge is 0.387 e. The Labute approximate surface area is 170 Å². The van der Waals surface area contributed by atoms with Crippen molar-refractivity contribution in [2.75, 3.05) is 0 Å². The second kappa shape index (κ2) is 11.6. The number of ether oxygens (including phenoxy) is 1. The van der Waals surface area contributed by atoms with E-state index in [4.69, 9.17) is 0 Å². The summed E-state index contributed by atoms with van der Waals surface area (Å²) in [7, 11) is 0. The van der Waals surface area contributed by atoms with Crippen molar-refractivity contribution in [1.29, 1.82) is 0 Å². The van der Waals surface area contributed by atoms with Crippen molar-refractivity contribution in [2.24, 2.45) is 4.99 Å². The zero-order valence-corrected chi connectivity index (χ0v) is 16.9. The largest absolute Gasteiger partial charge is 0.435 e. The van der Waals surface area contributed by atoms with Gasteiger partial charge in [0.25, 0.3) is 0 Å². The SMILES string of the molecule is C=C/C(=C\C(=C)C1=CN=CCC1)C(=O)C(=O)c1ccc(OC(F)F)c(C)c1.CC. The quantitative estimate of drug-likeness (QED) is 0.240. The van der Waals surface area contributed by atoms with E-state index in [2.05, 4.69) is 22.9 Å². The molecule has 0 bridgehead atoms. The Morgan fingerprint density at radius 1 is 1.28 bits per heavy atom. The number of hydrogen-bond donors (Lipinski definition) is 0. The first kappa shape index (κ1) is 23.9. The van der Waals surface area contributed by atoms with Gasteiger partial charge in [0.1, 0.15) is 5.75 Å². The molecule has 0 N–H and O–H groups in total. The zero-order valence-electron chi connectivity index (χ0n) is 16.9. The maximum atomic E-state index is 12.5. The highest BCUT2D eigenvalue weighted by Crippen LogP contribution is 2.23. The molecular formula is C23H25F2NO3. The Hall–Kier alpha value is -3.15. The molecule has 0 atom stereocenters. The zero-order chi connectivity index (χ0) is 22.0. The Morgan fingerprint density at radius 2 is 1.97 bits per heavy atom. The molecule has 1 aromatic carbocycles. The van der Waals surface area contributed by atoms with Crippen molar-refractivity contribution in [3.63, 3.8) is 0 Å². The average molecular weight is 401 g/mol. The lowest BCUT2D eigenvalue weighted by Crippen LogP contribution is -2.16. The van der Waals surface area contributed by atoms with E-state index in [1.165, 1.54) is 37.3 Å². The Balaban J connectivity index is 0.00000204. The molecule has 1 heterocycles. The van der Waals surface area contributed by atoms with E-state index in [1.54, 1.807) is 12.4 Å². The molecule has 0 aromatic heterocycles. The van der Waals surface area contributed by atoms with Gasteiger partial charge in [0.05, 0.1) is 0 Å². The van der Waals surface area contributed by atoms with Crippen LogP contribution in [-0.2, 0) is 4.79 Å². The number of carbonyl (C=O) groups excluding carboxylic acids is 2. The van der Waals surface area contributed by atoms with Crippen LogP contribution in [0, 0.1) is 6.92 Å². The fourth-order valence-electron chi connectivity index (χ4n) is 2.52. The van der Waals surface area contributed by atoms with E-state index in [1.807, 2.05) is 13.8 Å². The predicted octanol–water partition coefficient (Wildman–Crippen LogP) is 5.79. The topological polar surface area (TPSA) is 55.7 Å². The van der Waals surface area contributed by atoms with Crippen molar-refractivity contribution in [3.8, 4) is 5.75 Å². The summed E-state index contributed by atoms with van der Waals surface area (Å²) in [4.78, 5) is 29.1. The van der Waals surface area contributed by atoms with Gasteiger partial charge in [0.2, 0.25) is 11.6 Å². The van der Waals surface area contributed by atoms with Crippen molar-refractivity contribution >= 4 is 17.8 Å². The molecular weight excluding hydrogens is 376 g/mol. The van der Waals surface area contributed by atoms with Crippen molar-refractivity contribution in [3.05, 3.63) is 77.6 Å². The summed E-state index contributed by atoms with van der Waals surface area (Å²) in [6, 6.07) is 3.85. The number of benzene rings is 1. The Morgan fingerprint density at radius 3 is 2.48 bits per heavy atom. The van der Waals surface area contributed by atoms with Crippen LogP contribution in [0.2, 0.25) is 0 Å². The molecule has 154 valence electrons. The number of halogens is 2. The predicted molar refractivity (Wildman–Crippen MR) is 112 cm³/mol. The number of carbonyl (C=O) groups is 2. The van der Waals surface area contributed by atoms with Gasteiger partial charge in [-0.3, -0.25) is 14.6 Å². The van der Waals surface area contributed by atoms with Gasteiger partial charge in [-0.25, -0.2) is 0 Å². The van der Waals surface area contributed by atoms with Crippen LogP contribution in [0.25, 0.3) is 0 Å². The van der Waals surface area contributed by atoms with Gasteiger partial charge in [-0.15, -0.1) is 0 Å². The molecule has 1 aromatic rings. The molecule has 0 aliphatic carbocycles. The molecule has 1 aliphatic heterocycles. The van der Waals surface area contributed by atoms with E-state index < -0.39 is 18.2 Å². The minimum atomic E-state index is -2.97. The highest BCUT2D eigenvalue weighted by atomic mass is 19.3. The first-order valence-electron chi connectivity index (χ1n) is 9.22. The van der Waals surface area contributed by atoms with Crippen LogP contribution in [0.15, 0.2) is 71.4 Å². The minimum Gasteiger partial charge on any atom is -0.435 e. The summed E-state index contributed by atoms with van der Waals surface area (Å²) in [5.41, 5.74) is 1.97. The third kappa shape index (κ3) is 6.75. The summed E-state index contributed by atoms with van der Waals surface area (Å²) in [6.07, 6.45) is 7.77. The maximum Gasteiger partial charge on any atom is 0.387 e. The molecule has 4 nitrogen and oxygen atoms in total. The summed E-state index contributed by atoms with van der Waals surface area (Å²) in [5.74, 6) is -1.57. The third-order valence-electron chi connectivity index (χ3n) is 3.96. The lowest BCUT2D eigenvalue weighted by molar-refractivity contribution is -0.111. The molecule has 29 heavy (non-hydrogen) atoms. The molecule has 6 heteroatoms. The van der Waals surface area contributed by atoms with Crippen LogP contribution in [0.3, 0.4) is 0 Å². The van der Waals surface area contributed by atoms with E-state index in [-0.39, 0.29) is 16.9 Å². The molecule has 0 unspecified atom stereocenters. The number of Topliss-reactive ketones (excluding diaryl/α,β-unsaturated/α-hetero) is 2. The van der Waals surface area contributed by atoms with Crippen LogP contribution >= 0.6 is 0 Å². The molecule has 0 amide bonds. The molecule has 0 spiro atoms. The number of alkyl halides is 2. The molecule has 0 radical (unpaired) electrons. The van der Waals surface area contributed by atoms with Crippen LogP contribution in [0.5, 0.6) is 5.75 Å². The normalized spacial score (nSPS) is 13.2. The van der Waals surface area contributed by atoms with Crippen molar-refractivity contribution in [1.82, 2.24) is 0 Å². The van der Waals surface area contributed by atoms with Gasteiger partial charge in [-0.2, -0.15) is 8.78 Å². The molecule has 2 rings (SSSR count). The van der Waals surface area contributed by atoms with Crippen LogP contribution < -0.4 is 4.74 Å². The lowest BCUT2D eigenvalue weighted by atomic mass is 9.95. The fourth-order valence-corrected chi connectivity index (χ4v) is 2.52. The maximum absolute atomic E-state index is 12.5. The van der Waals surface area contributed by atoms with Crippen LogP contribution in [-0.4, -0.2) is 24.4 Å². The lowest BCUT2D eigenvalue weighted by Gasteiger charge is -2.10. The number of aryl methyl sites for hydroxylation is 1. The van der Waals surface area contributed by atoms with Crippen LogP contribution in [0.4, 0.5) is 8.78 Å². The van der Waals surface area contributed by atoms with Gasteiger partial charge < -0.3 is 4.74 Å². The van der Waals surface area contributed by atoms with Gasteiger partial charge >= 0.3 is 6.61 Å². The monoisotopic (exact) mass is 401 g/mol. The number of ketones is 2. The summed E-state index contributed by atoms with van der Waals surface area (Å²) >= 11 is 0.